The van der Waals surface area contributed by atoms with Gasteiger partial charge in [-0.1, -0.05) is 54.6 Å². The number of rotatable bonds is 6. The Morgan fingerprint density at radius 1 is 0.929 bits per heavy atom. The van der Waals surface area contributed by atoms with Gasteiger partial charge < -0.3 is 9.67 Å². The molecular formula is C23H24N2O2S. The maximum absolute atomic E-state index is 12.4. The molecule has 4 rings (SSSR count). The number of hydrogen-bond donors (Lipinski definition) is 1. The van der Waals surface area contributed by atoms with Gasteiger partial charge in [-0.05, 0) is 30.7 Å². The van der Waals surface area contributed by atoms with Gasteiger partial charge in [-0.3, -0.25) is 4.31 Å². The van der Waals surface area contributed by atoms with E-state index in [1.54, 1.807) is 10.6 Å². The topological polar surface area (TPSA) is 45.5 Å². The Balaban J connectivity index is 1.67. The van der Waals surface area contributed by atoms with Gasteiger partial charge in [0.1, 0.15) is 11.0 Å². The third kappa shape index (κ3) is 3.43. The predicted octanol–water partition coefficient (Wildman–Crippen LogP) is 4.26. The zero-order valence-corrected chi connectivity index (χ0v) is 16.9. The Morgan fingerprint density at radius 2 is 1.46 bits per heavy atom. The molecule has 144 valence electrons. The first-order chi connectivity index (χ1) is 13.6. The minimum atomic E-state index is -1.22. The fourth-order valence-electron chi connectivity index (χ4n) is 3.84. The van der Waals surface area contributed by atoms with Gasteiger partial charge in [0, 0.05) is 28.1 Å². The van der Waals surface area contributed by atoms with Crippen molar-refractivity contribution in [3.8, 4) is 0 Å². The van der Waals surface area contributed by atoms with Crippen LogP contribution in [0.15, 0.2) is 72.8 Å². The van der Waals surface area contributed by atoms with Crippen LogP contribution in [0, 0.1) is 6.92 Å². The molecule has 2 unspecified atom stereocenters. The molecule has 28 heavy (non-hydrogen) atoms. The van der Waals surface area contributed by atoms with Crippen molar-refractivity contribution in [2.24, 2.45) is 0 Å². The average Bonchev–Trinajstić information content (AvgIpc) is 3.01. The van der Waals surface area contributed by atoms with Crippen molar-refractivity contribution in [1.82, 2.24) is 4.57 Å². The Labute approximate surface area is 167 Å². The van der Waals surface area contributed by atoms with Crippen molar-refractivity contribution in [2.75, 3.05) is 17.1 Å². The van der Waals surface area contributed by atoms with Crippen LogP contribution in [0.4, 0.5) is 5.69 Å². The minimum absolute atomic E-state index is 0.300. The maximum Gasteiger partial charge on any atom is 0.116 e. The normalized spacial score (nSPS) is 13.7. The van der Waals surface area contributed by atoms with Gasteiger partial charge in [0.25, 0.3) is 0 Å². The molecule has 3 aromatic carbocycles. The van der Waals surface area contributed by atoms with E-state index in [4.69, 9.17) is 0 Å². The molecule has 0 saturated heterocycles. The average molecular weight is 393 g/mol. The van der Waals surface area contributed by atoms with Crippen molar-refractivity contribution in [3.05, 3.63) is 78.4 Å². The number of anilines is 1. The van der Waals surface area contributed by atoms with E-state index < -0.39 is 17.1 Å². The van der Waals surface area contributed by atoms with E-state index in [1.807, 2.05) is 55.5 Å². The van der Waals surface area contributed by atoms with Gasteiger partial charge in [0.05, 0.1) is 24.9 Å². The van der Waals surface area contributed by atoms with Gasteiger partial charge in [0.15, 0.2) is 0 Å². The van der Waals surface area contributed by atoms with E-state index in [0.717, 1.165) is 22.3 Å². The van der Waals surface area contributed by atoms with Crippen LogP contribution in [0.3, 0.4) is 0 Å². The molecule has 0 fully saturated rings. The lowest BCUT2D eigenvalue weighted by molar-refractivity contribution is 0.166. The van der Waals surface area contributed by atoms with Crippen molar-refractivity contribution < 1.29 is 9.32 Å². The van der Waals surface area contributed by atoms with Crippen molar-refractivity contribution in [2.45, 2.75) is 19.6 Å². The number of aliphatic hydroxyl groups is 1. The van der Waals surface area contributed by atoms with Crippen molar-refractivity contribution >= 4 is 38.5 Å². The van der Waals surface area contributed by atoms with E-state index in [0.29, 0.717) is 13.1 Å². The molecule has 1 heterocycles. The van der Waals surface area contributed by atoms with E-state index in [1.165, 1.54) is 10.8 Å². The van der Waals surface area contributed by atoms with Crippen LogP contribution in [0.1, 0.15) is 5.56 Å². The molecule has 2 atom stereocenters. The standard InChI is InChI=1S/C23H24N2O2S/c1-17-9-3-6-12-21(17)25(28(2)27)16-18(26)15-24-22-13-7-4-10-19(22)20-11-5-8-14-23(20)24/h3-14,18,26H,15-16H2,1-2H3. The summed E-state index contributed by atoms with van der Waals surface area (Å²) in [5.74, 6) is 0. The summed E-state index contributed by atoms with van der Waals surface area (Å²) in [6.45, 7) is 2.73. The fourth-order valence-corrected chi connectivity index (χ4v) is 4.71. The molecule has 0 aliphatic carbocycles. The third-order valence-electron chi connectivity index (χ3n) is 5.14. The summed E-state index contributed by atoms with van der Waals surface area (Å²) in [6, 6.07) is 24.3. The number of benzene rings is 3. The van der Waals surface area contributed by atoms with Crippen molar-refractivity contribution in [1.29, 1.82) is 0 Å². The lowest BCUT2D eigenvalue weighted by atomic mass is 10.2. The van der Waals surface area contributed by atoms with Crippen LogP contribution in [-0.2, 0) is 17.5 Å². The lowest BCUT2D eigenvalue weighted by Gasteiger charge is -2.26. The summed E-state index contributed by atoms with van der Waals surface area (Å²) >= 11 is 0. The second-order valence-electron chi connectivity index (χ2n) is 7.07. The molecule has 0 amide bonds. The summed E-state index contributed by atoms with van der Waals surface area (Å²) in [6.07, 6.45) is 0.988. The molecule has 0 saturated carbocycles. The number of nitrogens with zero attached hydrogens (tertiary/aromatic N) is 2. The highest BCUT2D eigenvalue weighted by Gasteiger charge is 2.19. The number of para-hydroxylation sites is 3. The van der Waals surface area contributed by atoms with Gasteiger partial charge in [-0.25, -0.2) is 4.21 Å². The third-order valence-corrected chi connectivity index (χ3v) is 6.11. The van der Waals surface area contributed by atoms with Crippen LogP contribution >= 0.6 is 0 Å². The molecule has 1 N–H and O–H groups in total. The molecule has 0 radical (unpaired) electrons. The fraction of sp³-hybridized carbons (Fsp3) is 0.217. The maximum atomic E-state index is 12.4. The number of aromatic nitrogens is 1. The minimum Gasteiger partial charge on any atom is -0.389 e. The summed E-state index contributed by atoms with van der Waals surface area (Å²) in [5, 5.41) is 13.3. The molecule has 0 aliphatic rings. The van der Waals surface area contributed by atoms with Crippen LogP contribution in [0.2, 0.25) is 0 Å². The van der Waals surface area contributed by atoms with E-state index in [9.17, 15) is 9.32 Å². The first-order valence-electron chi connectivity index (χ1n) is 9.37. The first kappa shape index (κ1) is 18.7. The van der Waals surface area contributed by atoms with Crippen LogP contribution in [-0.4, -0.2) is 32.8 Å². The predicted molar refractivity (Wildman–Crippen MR) is 118 cm³/mol. The van der Waals surface area contributed by atoms with E-state index >= 15 is 0 Å². The Kier molecular flexibility index (Phi) is 5.20. The van der Waals surface area contributed by atoms with Crippen LogP contribution in [0.25, 0.3) is 21.8 Å². The second kappa shape index (κ2) is 7.78. The zero-order chi connectivity index (χ0) is 19.7. The molecular weight excluding hydrogens is 368 g/mol. The molecule has 0 spiro atoms. The van der Waals surface area contributed by atoms with Gasteiger partial charge in [-0.2, -0.15) is 0 Å². The molecule has 0 aliphatic heterocycles. The Hall–Kier alpha value is -2.63. The van der Waals surface area contributed by atoms with Crippen LogP contribution in [0.5, 0.6) is 0 Å². The Morgan fingerprint density at radius 3 is 2.04 bits per heavy atom. The van der Waals surface area contributed by atoms with Gasteiger partial charge in [-0.15, -0.1) is 0 Å². The van der Waals surface area contributed by atoms with Gasteiger partial charge in [0.2, 0.25) is 0 Å². The molecule has 0 bridgehead atoms. The molecule has 4 nitrogen and oxygen atoms in total. The van der Waals surface area contributed by atoms with Crippen molar-refractivity contribution in [3.63, 3.8) is 0 Å². The summed E-state index contributed by atoms with van der Waals surface area (Å²) in [5.41, 5.74) is 4.14. The quantitative estimate of drug-likeness (QED) is 0.533. The lowest BCUT2D eigenvalue weighted by Crippen LogP contribution is -2.36. The monoisotopic (exact) mass is 392 g/mol. The summed E-state index contributed by atoms with van der Waals surface area (Å²) < 4.78 is 16.3. The smallest absolute Gasteiger partial charge is 0.116 e. The highest BCUT2D eigenvalue weighted by Crippen LogP contribution is 2.29. The highest BCUT2D eigenvalue weighted by atomic mass is 32.2. The molecule has 5 heteroatoms. The first-order valence-corrected chi connectivity index (χ1v) is 10.9. The van der Waals surface area contributed by atoms with Crippen LogP contribution < -0.4 is 4.31 Å². The number of fused-ring (bicyclic) bond motifs is 3. The summed E-state index contributed by atoms with van der Waals surface area (Å²) in [7, 11) is -1.22. The van der Waals surface area contributed by atoms with E-state index in [2.05, 4.69) is 28.8 Å². The largest absolute Gasteiger partial charge is 0.389 e. The Bertz CT molecular complexity index is 1100. The number of aliphatic hydroxyl groups excluding tert-OH is 1. The zero-order valence-electron chi connectivity index (χ0n) is 16.1. The number of hydrogen-bond acceptors (Lipinski definition) is 2. The second-order valence-corrected chi connectivity index (χ2v) is 8.36. The summed E-state index contributed by atoms with van der Waals surface area (Å²) in [4.78, 5) is 0. The molecule has 1 aromatic heterocycles. The highest BCUT2D eigenvalue weighted by molar-refractivity contribution is 7.85. The van der Waals surface area contributed by atoms with Gasteiger partial charge >= 0.3 is 0 Å². The SMILES string of the molecule is Cc1ccccc1N(CC(O)Cn1c2ccccc2c2ccccc21)S(C)=O. The number of aryl methyl sites for hydroxylation is 1. The van der Waals surface area contributed by atoms with E-state index in [-0.39, 0.29) is 0 Å². The molecule has 4 aromatic rings.